The fourth-order valence-corrected chi connectivity index (χ4v) is 4.58. The second kappa shape index (κ2) is 12.5. The first-order valence-electron chi connectivity index (χ1n) is 12.4. The highest BCUT2D eigenvalue weighted by Crippen LogP contribution is 2.36. The Balaban J connectivity index is 0.000000193. The molecule has 5 rings (SSSR count). The smallest absolute Gasteiger partial charge is 0.416 e. The number of para-hydroxylation sites is 1. The molecule has 2 aromatic carbocycles. The van der Waals surface area contributed by atoms with Crippen LogP contribution in [0.3, 0.4) is 0 Å². The third kappa shape index (κ3) is 7.48. The van der Waals surface area contributed by atoms with E-state index in [1.54, 1.807) is 31.2 Å². The fraction of sp³-hybridized carbons (Fsp3) is 0.370. The first-order valence-corrected chi connectivity index (χ1v) is 13.2. The van der Waals surface area contributed by atoms with Crippen molar-refractivity contribution in [2.45, 2.75) is 25.9 Å². The number of carbonyl (C=O) groups excluding carboxylic acids is 2. The Bertz CT molecular complexity index is 1320. The van der Waals surface area contributed by atoms with E-state index in [1.807, 2.05) is 0 Å². The van der Waals surface area contributed by atoms with Gasteiger partial charge in [0.1, 0.15) is 13.2 Å². The lowest BCUT2D eigenvalue weighted by Gasteiger charge is -2.20. The summed E-state index contributed by atoms with van der Waals surface area (Å²) in [6.07, 6.45) is -2.34. The van der Waals surface area contributed by atoms with Crippen LogP contribution in [-0.2, 0) is 10.9 Å². The molecule has 39 heavy (non-hydrogen) atoms. The van der Waals surface area contributed by atoms with Crippen molar-refractivity contribution in [2.75, 3.05) is 32.9 Å². The number of benzene rings is 2. The zero-order valence-electron chi connectivity index (χ0n) is 21.2. The topological polar surface area (TPSA) is 113 Å². The van der Waals surface area contributed by atoms with Gasteiger partial charge < -0.3 is 25.3 Å². The van der Waals surface area contributed by atoms with E-state index in [2.05, 4.69) is 10.3 Å². The predicted molar refractivity (Wildman–Crippen MR) is 139 cm³/mol. The summed E-state index contributed by atoms with van der Waals surface area (Å²) in [5, 5.41) is 3.31. The summed E-state index contributed by atoms with van der Waals surface area (Å²) in [6, 6.07) is 10.2. The van der Waals surface area contributed by atoms with Crippen molar-refractivity contribution in [3.05, 3.63) is 64.3 Å². The quantitative estimate of drug-likeness (QED) is 0.395. The summed E-state index contributed by atoms with van der Waals surface area (Å²) in [5.74, 6) is 0.784. The fourth-order valence-electron chi connectivity index (χ4n) is 3.68. The molecule has 3 N–H and O–H groups in total. The van der Waals surface area contributed by atoms with E-state index < -0.39 is 17.7 Å². The Labute approximate surface area is 227 Å². The van der Waals surface area contributed by atoms with Crippen molar-refractivity contribution >= 4 is 23.2 Å². The number of hydrogen-bond donors (Lipinski definition) is 2. The minimum atomic E-state index is -4.43. The molecular weight excluding hydrogens is 535 g/mol. The molecular formula is C27H28F3N3O5S. The number of hydrogen-bond acceptors (Lipinski definition) is 8. The second-order valence-electron chi connectivity index (χ2n) is 8.91. The molecule has 2 aliphatic rings. The summed E-state index contributed by atoms with van der Waals surface area (Å²) in [7, 11) is 0. The van der Waals surface area contributed by atoms with Crippen LogP contribution in [-0.4, -0.2) is 49.8 Å². The first-order chi connectivity index (χ1) is 18.7. The van der Waals surface area contributed by atoms with E-state index >= 15 is 0 Å². The molecule has 208 valence electrons. The lowest BCUT2D eigenvalue weighted by molar-refractivity contribution is -0.137. The van der Waals surface area contributed by atoms with Crippen LogP contribution < -0.4 is 20.5 Å². The predicted octanol–water partition coefficient (Wildman–Crippen LogP) is 4.85. The van der Waals surface area contributed by atoms with E-state index in [1.165, 1.54) is 17.4 Å². The number of fused-ring (bicyclic) bond motifs is 1. The zero-order valence-corrected chi connectivity index (χ0v) is 22.0. The second-order valence-corrected chi connectivity index (χ2v) is 10.1. The van der Waals surface area contributed by atoms with Gasteiger partial charge in [-0.25, -0.2) is 9.78 Å². The van der Waals surface area contributed by atoms with Crippen LogP contribution >= 0.6 is 11.3 Å². The van der Waals surface area contributed by atoms with Gasteiger partial charge in [0.25, 0.3) is 5.91 Å². The van der Waals surface area contributed by atoms with Gasteiger partial charge in [-0.3, -0.25) is 4.79 Å². The number of carbonyl (C=O) groups is 2. The molecule has 0 radical (unpaired) electrons. The van der Waals surface area contributed by atoms with Crippen LogP contribution in [0.5, 0.6) is 11.5 Å². The number of nitrogens with zero attached hydrogens (tertiary/aromatic N) is 1. The average Bonchev–Trinajstić information content (AvgIpc) is 3.68. The number of halogens is 3. The Kier molecular flexibility index (Phi) is 9.08. The third-order valence-electron chi connectivity index (χ3n) is 5.77. The van der Waals surface area contributed by atoms with Gasteiger partial charge in [0, 0.05) is 13.1 Å². The zero-order chi connectivity index (χ0) is 28.0. The van der Waals surface area contributed by atoms with Crippen molar-refractivity contribution < 1.29 is 37.0 Å². The maximum atomic E-state index is 12.9. The molecule has 2 heterocycles. The van der Waals surface area contributed by atoms with Crippen molar-refractivity contribution in [1.29, 1.82) is 0 Å². The number of rotatable bonds is 7. The molecule has 0 bridgehead atoms. The monoisotopic (exact) mass is 563 g/mol. The number of alkyl halides is 3. The number of nitrogens with one attached hydrogen (secondary N) is 1. The summed E-state index contributed by atoms with van der Waals surface area (Å²) < 4.78 is 54.6. The summed E-state index contributed by atoms with van der Waals surface area (Å²) in [4.78, 5) is 28.5. The van der Waals surface area contributed by atoms with E-state index in [0.717, 1.165) is 25.0 Å². The molecule has 1 aromatic heterocycles. The largest absolute Gasteiger partial charge is 0.486 e. The standard InChI is InChI=1S/C16H14F3NO2S.C11H14N2O3/c1-9-20-13(15(21)22-8-10-5-6-10)14(23-9)11-3-2-4-12(7-11)16(17,18)19;12-4-5-13-11(14)8-2-1-3-9-10(8)16-7-6-15-9/h2-4,7,10H,5-6,8H2,1H3;1-3H,4-7,12H2,(H,13,14). The van der Waals surface area contributed by atoms with Crippen molar-refractivity contribution in [1.82, 2.24) is 10.3 Å². The van der Waals surface area contributed by atoms with E-state index in [-0.39, 0.29) is 11.6 Å². The average molecular weight is 564 g/mol. The Hall–Kier alpha value is -3.64. The van der Waals surface area contributed by atoms with Gasteiger partial charge >= 0.3 is 12.1 Å². The molecule has 8 nitrogen and oxygen atoms in total. The molecule has 1 fully saturated rings. The van der Waals surface area contributed by atoms with Gasteiger partial charge in [-0.2, -0.15) is 13.2 Å². The van der Waals surface area contributed by atoms with Crippen LogP contribution in [0, 0.1) is 12.8 Å². The molecule has 1 aliphatic heterocycles. The number of aromatic nitrogens is 1. The highest BCUT2D eigenvalue weighted by molar-refractivity contribution is 7.15. The van der Waals surface area contributed by atoms with Crippen LogP contribution in [0.1, 0.15) is 44.3 Å². The maximum Gasteiger partial charge on any atom is 0.416 e. The van der Waals surface area contributed by atoms with Crippen LogP contribution in [0.2, 0.25) is 0 Å². The van der Waals surface area contributed by atoms with Crippen molar-refractivity contribution in [3.63, 3.8) is 0 Å². The molecule has 12 heteroatoms. The van der Waals surface area contributed by atoms with Gasteiger partial charge in [-0.1, -0.05) is 18.2 Å². The van der Waals surface area contributed by atoms with Crippen LogP contribution in [0.25, 0.3) is 10.4 Å². The highest BCUT2D eigenvalue weighted by Gasteiger charge is 2.31. The van der Waals surface area contributed by atoms with E-state index in [0.29, 0.717) is 71.3 Å². The molecule has 0 unspecified atom stereocenters. The summed E-state index contributed by atoms with van der Waals surface area (Å²) in [6.45, 7) is 3.90. The normalized spacial score (nSPS) is 14.2. The highest BCUT2D eigenvalue weighted by atomic mass is 32.1. The third-order valence-corrected chi connectivity index (χ3v) is 6.79. The Morgan fingerprint density at radius 1 is 1.15 bits per heavy atom. The SMILES string of the molecule is Cc1nc(C(=O)OCC2CC2)c(-c2cccc(C(F)(F)F)c2)s1.NCCNC(=O)c1cccc2c1OCCO2. The number of nitrogens with two attached hydrogens (primary N) is 1. The lowest BCUT2D eigenvalue weighted by Crippen LogP contribution is -2.30. The number of esters is 1. The minimum Gasteiger partial charge on any atom is -0.486 e. The molecule has 0 saturated heterocycles. The number of amides is 1. The van der Waals surface area contributed by atoms with Gasteiger partial charge in [0.05, 0.1) is 27.6 Å². The van der Waals surface area contributed by atoms with Gasteiger partial charge in [0.2, 0.25) is 0 Å². The Morgan fingerprint density at radius 3 is 2.62 bits per heavy atom. The van der Waals surface area contributed by atoms with Gasteiger partial charge in [-0.15, -0.1) is 11.3 Å². The van der Waals surface area contributed by atoms with Crippen molar-refractivity contribution in [2.24, 2.45) is 11.7 Å². The number of aryl methyl sites for hydroxylation is 1. The Morgan fingerprint density at radius 2 is 1.90 bits per heavy atom. The van der Waals surface area contributed by atoms with E-state index in [9.17, 15) is 22.8 Å². The number of ether oxygens (including phenoxy) is 3. The molecule has 0 atom stereocenters. The lowest BCUT2D eigenvalue weighted by atomic mass is 10.1. The number of thiazole rings is 1. The van der Waals surface area contributed by atoms with Gasteiger partial charge in [0.15, 0.2) is 17.2 Å². The van der Waals surface area contributed by atoms with E-state index in [4.69, 9.17) is 19.9 Å². The molecule has 0 spiro atoms. The molecule has 3 aromatic rings. The van der Waals surface area contributed by atoms with Gasteiger partial charge in [-0.05, 0) is 55.5 Å². The summed E-state index contributed by atoms with van der Waals surface area (Å²) in [5.41, 5.74) is 5.48. The minimum absolute atomic E-state index is 0.0903. The van der Waals surface area contributed by atoms with Crippen LogP contribution in [0.4, 0.5) is 13.2 Å². The first kappa shape index (κ1) is 28.4. The maximum absolute atomic E-state index is 12.9. The molecule has 1 amide bonds. The van der Waals surface area contributed by atoms with Crippen LogP contribution in [0.15, 0.2) is 42.5 Å². The molecule has 1 aliphatic carbocycles. The van der Waals surface area contributed by atoms with Crippen molar-refractivity contribution in [3.8, 4) is 21.9 Å². The molecule has 1 saturated carbocycles. The summed E-state index contributed by atoms with van der Waals surface area (Å²) >= 11 is 1.19.